The molecule has 0 amide bonds. The number of hydrogen-bond donors (Lipinski definition) is 2. The summed E-state index contributed by atoms with van der Waals surface area (Å²) in [4.78, 5) is 11.5. The summed E-state index contributed by atoms with van der Waals surface area (Å²) in [6, 6.07) is 4.20. The van der Waals surface area contributed by atoms with Gasteiger partial charge in [0.15, 0.2) is 5.96 Å². The first-order valence-electron chi connectivity index (χ1n) is 8.54. The Balaban J connectivity index is 0.00000288. The van der Waals surface area contributed by atoms with Crippen LogP contribution in [0.1, 0.15) is 31.7 Å². The van der Waals surface area contributed by atoms with E-state index in [1.165, 1.54) is 18.4 Å². The van der Waals surface area contributed by atoms with Crippen LogP contribution in [0.15, 0.2) is 23.3 Å². The lowest BCUT2D eigenvalue weighted by atomic mass is 10.2. The second-order valence-electron chi connectivity index (χ2n) is 5.68. The van der Waals surface area contributed by atoms with Crippen molar-refractivity contribution in [1.29, 1.82) is 0 Å². The smallest absolute Gasteiger partial charge is 0.191 e. The fourth-order valence-electron chi connectivity index (χ4n) is 2.61. The molecule has 24 heavy (non-hydrogen) atoms. The Kier molecular flexibility index (Phi) is 10.7. The first-order chi connectivity index (χ1) is 11.3. The van der Waals surface area contributed by atoms with Crippen molar-refractivity contribution in [2.24, 2.45) is 4.99 Å². The number of rotatable bonds is 8. The Hall–Kier alpha value is -1.09. The second-order valence-corrected chi connectivity index (χ2v) is 5.68. The molecule has 0 spiro atoms. The molecule has 0 saturated carbocycles. The van der Waals surface area contributed by atoms with Crippen LogP contribution in [0.5, 0.6) is 0 Å². The van der Waals surface area contributed by atoms with Gasteiger partial charge >= 0.3 is 0 Å². The van der Waals surface area contributed by atoms with Crippen LogP contribution in [0.25, 0.3) is 0 Å². The van der Waals surface area contributed by atoms with Crippen LogP contribution in [0.3, 0.4) is 0 Å². The van der Waals surface area contributed by atoms with Crippen molar-refractivity contribution in [1.82, 2.24) is 15.6 Å². The van der Waals surface area contributed by atoms with Gasteiger partial charge in [-0.3, -0.25) is 0 Å². The van der Waals surface area contributed by atoms with Gasteiger partial charge in [0.1, 0.15) is 5.82 Å². The topological polar surface area (TPSA) is 61.8 Å². The fraction of sp³-hybridized carbons (Fsp3) is 0.647. The van der Waals surface area contributed by atoms with Gasteiger partial charge in [-0.25, -0.2) is 9.98 Å². The maximum Gasteiger partial charge on any atom is 0.191 e. The van der Waals surface area contributed by atoms with Crippen LogP contribution < -0.4 is 15.5 Å². The molecule has 1 aliphatic heterocycles. The molecule has 6 nitrogen and oxygen atoms in total. The Bertz CT molecular complexity index is 492. The Labute approximate surface area is 162 Å². The molecule has 1 saturated heterocycles. The molecule has 2 N–H and O–H groups in total. The van der Waals surface area contributed by atoms with E-state index in [4.69, 9.17) is 4.74 Å². The van der Waals surface area contributed by atoms with Crippen molar-refractivity contribution in [3.63, 3.8) is 0 Å². The zero-order chi connectivity index (χ0) is 16.3. The van der Waals surface area contributed by atoms with E-state index < -0.39 is 0 Å². The predicted molar refractivity (Wildman–Crippen MR) is 110 cm³/mol. The molecule has 0 unspecified atom stereocenters. The third-order valence-corrected chi connectivity index (χ3v) is 3.82. The van der Waals surface area contributed by atoms with Crippen molar-refractivity contribution < 1.29 is 4.74 Å². The number of anilines is 1. The molecule has 1 aliphatic rings. The highest BCUT2D eigenvalue weighted by atomic mass is 127. The van der Waals surface area contributed by atoms with Gasteiger partial charge < -0.3 is 20.3 Å². The fourth-order valence-corrected chi connectivity index (χ4v) is 2.61. The summed E-state index contributed by atoms with van der Waals surface area (Å²) in [5.41, 5.74) is 1.19. The number of methoxy groups -OCH3 is 1. The van der Waals surface area contributed by atoms with Crippen LogP contribution in [0.4, 0.5) is 5.82 Å². The molecular weight excluding hydrogens is 417 g/mol. The Morgan fingerprint density at radius 1 is 1.33 bits per heavy atom. The van der Waals surface area contributed by atoms with Crippen molar-refractivity contribution in [3.8, 4) is 0 Å². The lowest BCUT2D eigenvalue weighted by Gasteiger charge is -2.16. The standard InChI is InChI=1S/C17H29N5O.HI/c1-3-18-17(20-8-6-12-23-2)21-14-15-7-9-19-16(13-15)22-10-4-5-11-22;/h7,9,13H,3-6,8,10-12,14H2,1-2H3,(H2,18,20,21);1H. The van der Waals surface area contributed by atoms with Crippen LogP contribution in [0, 0.1) is 0 Å². The van der Waals surface area contributed by atoms with E-state index in [9.17, 15) is 0 Å². The molecule has 0 aromatic carbocycles. The van der Waals surface area contributed by atoms with Gasteiger partial charge in [-0.1, -0.05) is 0 Å². The van der Waals surface area contributed by atoms with E-state index in [0.717, 1.165) is 51.0 Å². The molecule has 0 bridgehead atoms. The molecular formula is C17H30IN5O. The van der Waals surface area contributed by atoms with Gasteiger partial charge in [-0.2, -0.15) is 0 Å². The number of hydrogen-bond acceptors (Lipinski definition) is 4. The van der Waals surface area contributed by atoms with Gasteiger partial charge in [-0.15, -0.1) is 24.0 Å². The zero-order valence-corrected chi connectivity index (χ0v) is 17.1. The lowest BCUT2D eigenvalue weighted by molar-refractivity contribution is 0.195. The zero-order valence-electron chi connectivity index (χ0n) is 14.8. The molecule has 136 valence electrons. The summed E-state index contributed by atoms with van der Waals surface area (Å²) in [7, 11) is 1.72. The van der Waals surface area contributed by atoms with Gasteiger partial charge in [0, 0.05) is 46.1 Å². The Morgan fingerprint density at radius 2 is 2.12 bits per heavy atom. The average Bonchev–Trinajstić information content (AvgIpc) is 3.11. The highest BCUT2D eigenvalue weighted by molar-refractivity contribution is 14.0. The Morgan fingerprint density at radius 3 is 2.83 bits per heavy atom. The van der Waals surface area contributed by atoms with Crippen LogP contribution in [-0.2, 0) is 11.3 Å². The van der Waals surface area contributed by atoms with Crippen LogP contribution in [0.2, 0.25) is 0 Å². The maximum absolute atomic E-state index is 5.06. The van der Waals surface area contributed by atoms with Gasteiger partial charge in [0.05, 0.1) is 6.54 Å². The minimum atomic E-state index is 0. The van der Waals surface area contributed by atoms with Crippen LogP contribution >= 0.6 is 24.0 Å². The number of nitrogens with zero attached hydrogens (tertiary/aromatic N) is 3. The SMILES string of the molecule is CCNC(=NCc1ccnc(N2CCCC2)c1)NCCCOC.I. The molecule has 1 fully saturated rings. The highest BCUT2D eigenvalue weighted by Gasteiger charge is 2.13. The average molecular weight is 447 g/mol. The molecule has 0 atom stereocenters. The van der Waals surface area contributed by atoms with Crippen molar-refractivity contribution in [2.75, 3.05) is 44.8 Å². The minimum Gasteiger partial charge on any atom is -0.385 e. The van der Waals surface area contributed by atoms with Crippen molar-refractivity contribution in [2.45, 2.75) is 32.7 Å². The monoisotopic (exact) mass is 447 g/mol. The number of halogens is 1. The van der Waals surface area contributed by atoms with E-state index in [1.807, 2.05) is 12.3 Å². The van der Waals surface area contributed by atoms with E-state index in [-0.39, 0.29) is 24.0 Å². The number of aliphatic imine (C=N–C) groups is 1. The summed E-state index contributed by atoms with van der Waals surface area (Å²) in [6.45, 7) is 7.43. The quantitative estimate of drug-likeness (QED) is 0.278. The number of nitrogens with one attached hydrogen (secondary N) is 2. The largest absolute Gasteiger partial charge is 0.385 e. The molecule has 1 aromatic rings. The number of pyridine rings is 1. The number of ether oxygens (including phenoxy) is 1. The first kappa shape index (κ1) is 21.0. The molecule has 0 aliphatic carbocycles. The van der Waals surface area contributed by atoms with Gasteiger partial charge in [0.2, 0.25) is 0 Å². The second kappa shape index (κ2) is 12.3. The molecule has 7 heteroatoms. The molecule has 1 aromatic heterocycles. The minimum absolute atomic E-state index is 0. The summed E-state index contributed by atoms with van der Waals surface area (Å²) in [5.74, 6) is 1.93. The summed E-state index contributed by atoms with van der Waals surface area (Å²) in [6.07, 6.45) is 5.38. The van der Waals surface area contributed by atoms with E-state index in [2.05, 4.69) is 38.5 Å². The van der Waals surface area contributed by atoms with Crippen molar-refractivity contribution >= 4 is 35.8 Å². The third kappa shape index (κ3) is 7.21. The summed E-state index contributed by atoms with van der Waals surface area (Å²) >= 11 is 0. The third-order valence-electron chi connectivity index (χ3n) is 3.82. The maximum atomic E-state index is 5.06. The van der Waals surface area contributed by atoms with E-state index in [0.29, 0.717) is 6.54 Å². The summed E-state index contributed by atoms with van der Waals surface area (Å²) in [5, 5.41) is 6.60. The van der Waals surface area contributed by atoms with Crippen molar-refractivity contribution in [3.05, 3.63) is 23.9 Å². The molecule has 2 heterocycles. The van der Waals surface area contributed by atoms with E-state index >= 15 is 0 Å². The predicted octanol–water partition coefficient (Wildman–Crippen LogP) is 2.39. The number of aromatic nitrogens is 1. The number of guanidine groups is 1. The molecule has 0 radical (unpaired) electrons. The first-order valence-corrected chi connectivity index (χ1v) is 8.54. The highest BCUT2D eigenvalue weighted by Crippen LogP contribution is 2.18. The van der Waals surface area contributed by atoms with Crippen LogP contribution in [-0.4, -0.2) is 50.8 Å². The van der Waals surface area contributed by atoms with Gasteiger partial charge in [0.25, 0.3) is 0 Å². The van der Waals surface area contributed by atoms with Gasteiger partial charge in [-0.05, 0) is 43.9 Å². The van der Waals surface area contributed by atoms with E-state index in [1.54, 1.807) is 7.11 Å². The lowest BCUT2D eigenvalue weighted by Crippen LogP contribution is -2.38. The summed E-state index contributed by atoms with van der Waals surface area (Å²) < 4.78 is 5.06. The molecule has 2 rings (SSSR count). The normalized spacial score (nSPS) is 14.4.